The Kier molecular flexibility index (Phi) is 3.73. The number of likely N-dealkylation sites (tertiary alicyclic amines) is 1. The SMILES string of the molecule is CC1CCCN(CC(=O)c2ccccc2)C1. The summed E-state index contributed by atoms with van der Waals surface area (Å²) in [5.74, 6) is 0.979. The van der Waals surface area contributed by atoms with E-state index < -0.39 is 0 Å². The zero-order valence-electron chi connectivity index (χ0n) is 9.86. The number of Topliss-reactive ketones (excluding diaryl/α,β-unsaturated/α-hetero) is 1. The molecule has 0 aliphatic carbocycles. The van der Waals surface area contributed by atoms with Crippen molar-refractivity contribution in [2.75, 3.05) is 19.6 Å². The number of hydrogen-bond donors (Lipinski definition) is 0. The molecular formula is C14H19NO. The van der Waals surface area contributed by atoms with Gasteiger partial charge < -0.3 is 0 Å². The van der Waals surface area contributed by atoms with Crippen molar-refractivity contribution in [1.29, 1.82) is 0 Å². The number of ketones is 1. The van der Waals surface area contributed by atoms with Crippen LogP contribution in [0.25, 0.3) is 0 Å². The number of benzene rings is 1. The van der Waals surface area contributed by atoms with Crippen LogP contribution in [0.1, 0.15) is 30.1 Å². The van der Waals surface area contributed by atoms with E-state index in [1.807, 2.05) is 30.3 Å². The molecule has 16 heavy (non-hydrogen) atoms. The largest absolute Gasteiger partial charge is 0.296 e. The van der Waals surface area contributed by atoms with Crippen LogP contribution in [0, 0.1) is 5.92 Å². The highest BCUT2D eigenvalue weighted by Crippen LogP contribution is 2.15. The Balaban J connectivity index is 1.92. The highest BCUT2D eigenvalue weighted by Gasteiger charge is 2.18. The Morgan fingerprint density at radius 2 is 2.12 bits per heavy atom. The number of nitrogens with zero attached hydrogens (tertiary/aromatic N) is 1. The van der Waals surface area contributed by atoms with Crippen LogP contribution in [-0.4, -0.2) is 30.3 Å². The minimum atomic E-state index is 0.245. The Hall–Kier alpha value is -1.15. The van der Waals surface area contributed by atoms with E-state index in [9.17, 15) is 4.79 Å². The Bertz CT molecular complexity index is 347. The average molecular weight is 217 g/mol. The molecule has 0 radical (unpaired) electrons. The number of piperidine rings is 1. The third-order valence-electron chi connectivity index (χ3n) is 3.20. The average Bonchev–Trinajstić information content (AvgIpc) is 2.30. The molecule has 1 unspecified atom stereocenters. The van der Waals surface area contributed by atoms with Crippen LogP contribution in [-0.2, 0) is 0 Å². The normalized spacial score (nSPS) is 21.9. The molecule has 86 valence electrons. The van der Waals surface area contributed by atoms with Gasteiger partial charge in [-0.25, -0.2) is 0 Å². The summed E-state index contributed by atoms with van der Waals surface area (Å²) < 4.78 is 0. The minimum Gasteiger partial charge on any atom is -0.296 e. The summed E-state index contributed by atoms with van der Waals surface area (Å²) in [4.78, 5) is 14.3. The van der Waals surface area contributed by atoms with Gasteiger partial charge in [-0.1, -0.05) is 37.3 Å². The van der Waals surface area contributed by atoms with Crippen LogP contribution >= 0.6 is 0 Å². The van der Waals surface area contributed by atoms with E-state index in [0.29, 0.717) is 6.54 Å². The maximum atomic E-state index is 12.0. The summed E-state index contributed by atoms with van der Waals surface area (Å²) in [5.41, 5.74) is 0.834. The van der Waals surface area contributed by atoms with E-state index in [0.717, 1.165) is 24.6 Å². The smallest absolute Gasteiger partial charge is 0.176 e. The van der Waals surface area contributed by atoms with E-state index in [2.05, 4.69) is 11.8 Å². The minimum absolute atomic E-state index is 0.245. The first-order chi connectivity index (χ1) is 7.75. The molecule has 0 amide bonds. The van der Waals surface area contributed by atoms with E-state index in [1.54, 1.807) is 0 Å². The maximum Gasteiger partial charge on any atom is 0.176 e. The molecule has 0 N–H and O–H groups in total. The molecule has 1 aromatic rings. The van der Waals surface area contributed by atoms with Gasteiger partial charge in [0.15, 0.2) is 5.78 Å². The van der Waals surface area contributed by atoms with Gasteiger partial charge in [0.2, 0.25) is 0 Å². The monoisotopic (exact) mass is 217 g/mol. The van der Waals surface area contributed by atoms with E-state index >= 15 is 0 Å². The van der Waals surface area contributed by atoms with E-state index in [4.69, 9.17) is 0 Å². The Morgan fingerprint density at radius 1 is 1.38 bits per heavy atom. The van der Waals surface area contributed by atoms with Crippen molar-refractivity contribution < 1.29 is 4.79 Å². The molecular weight excluding hydrogens is 198 g/mol. The van der Waals surface area contributed by atoms with Crippen molar-refractivity contribution in [2.24, 2.45) is 5.92 Å². The highest BCUT2D eigenvalue weighted by molar-refractivity contribution is 5.97. The zero-order valence-corrected chi connectivity index (χ0v) is 9.86. The lowest BCUT2D eigenvalue weighted by Crippen LogP contribution is -2.37. The summed E-state index contributed by atoms with van der Waals surface area (Å²) in [6, 6.07) is 9.59. The molecule has 1 aromatic carbocycles. The number of hydrogen-bond acceptors (Lipinski definition) is 2. The summed E-state index contributed by atoms with van der Waals surface area (Å²) >= 11 is 0. The first-order valence-corrected chi connectivity index (χ1v) is 6.06. The van der Waals surface area contributed by atoms with E-state index in [1.165, 1.54) is 12.8 Å². The lowest BCUT2D eigenvalue weighted by Gasteiger charge is -2.30. The molecule has 1 heterocycles. The highest BCUT2D eigenvalue weighted by atomic mass is 16.1. The second kappa shape index (κ2) is 5.26. The predicted octanol–water partition coefficient (Wildman–Crippen LogP) is 2.60. The summed E-state index contributed by atoms with van der Waals surface area (Å²) in [6.07, 6.45) is 2.53. The zero-order chi connectivity index (χ0) is 11.4. The fourth-order valence-electron chi connectivity index (χ4n) is 2.35. The van der Waals surface area contributed by atoms with Crippen molar-refractivity contribution in [3.05, 3.63) is 35.9 Å². The van der Waals surface area contributed by atoms with Crippen LogP contribution in [0.5, 0.6) is 0 Å². The molecule has 1 aliphatic rings. The van der Waals surface area contributed by atoms with Crippen LogP contribution in [0.2, 0.25) is 0 Å². The molecule has 2 heteroatoms. The second-order valence-electron chi connectivity index (χ2n) is 4.77. The van der Waals surface area contributed by atoms with E-state index in [-0.39, 0.29) is 5.78 Å². The molecule has 0 spiro atoms. The van der Waals surface area contributed by atoms with Crippen LogP contribution in [0.4, 0.5) is 0 Å². The fraction of sp³-hybridized carbons (Fsp3) is 0.500. The topological polar surface area (TPSA) is 20.3 Å². The lowest BCUT2D eigenvalue weighted by atomic mass is 9.99. The Morgan fingerprint density at radius 3 is 2.81 bits per heavy atom. The third-order valence-corrected chi connectivity index (χ3v) is 3.20. The lowest BCUT2D eigenvalue weighted by molar-refractivity contribution is 0.0893. The van der Waals surface area contributed by atoms with Crippen molar-refractivity contribution >= 4 is 5.78 Å². The second-order valence-corrected chi connectivity index (χ2v) is 4.77. The molecule has 2 rings (SSSR count). The summed E-state index contributed by atoms with van der Waals surface area (Å²) in [6.45, 7) is 4.98. The fourth-order valence-corrected chi connectivity index (χ4v) is 2.35. The molecule has 0 aromatic heterocycles. The van der Waals surface area contributed by atoms with Crippen molar-refractivity contribution in [2.45, 2.75) is 19.8 Å². The first kappa shape index (κ1) is 11.3. The quantitative estimate of drug-likeness (QED) is 0.725. The maximum absolute atomic E-state index is 12.0. The van der Waals surface area contributed by atoms with Gasteiger partial charge in [0.1, 0.15) is 0 Å². The van der Waals surface area contributed by atoms with Gasteiger partial charge in [-0.3, -0.25) is 9.69 Å². The standard InChI is InChI=1S/C14H19NO/c1-12-6-5-9-15(10-12)11-14(16)13-7-3-2-4-8-13/h2-4,7-8,12H,5-6,9-11H2,1H3. The van der Waals surface area contributed by atoms with Gasteiger partial charge in [0.05, 0.1) is 6.54 Å². The van der Waals surface area contributed by atoms with Crippen LogP contribution in [0.3, 0.4) is 0 Å². The molecule has 0 saturated carbocycles. The molecule has 1 aliphatic heterocycles. The van der Waals surface area contributed by atoms with Gasteiger partial charge in [0.25, 0.3) is 0 Å². The molecule has 1 saturated heterocycles. The van der Waals surface area contributed by atoms with Crippen LogP contribution < -0.4 is 0 Å². The van der Waals surface area contributed by atoms with Gasteiger partial charge in [-0.2, -0.15) is 0 Å². The van der Waals surface area contributed by atoms with Crippen LogP contribution in [0.15, 0.2) is 30.3 Å². The van der Waals surface area contributed by atoms with Gasteiger partial charge in [-0.15, -0.1) is 0 Å². The number of rotatable bonds is 3. The van der Waals surface area contributed by atoms with Crippen molar-refractivity contribution in [1.82, 2.24) is 4.90 Å². The summed E-state index contributed by atoms with van der Waals surface area (Å²) in [5, 5.41) is 0. The molecule has 2 nitrogen and oxygen atoms in total. The molecule has 1 fully saturated rings. The Labute approximate surface area is 97.3 Å². The number of carbonyl (C=O) groups is 1. The first-order valence-electron chi connectivity index (χ1n) is 6.06. The van der Waals surface area contributed by atoms with Gasteiger partial charge in [0, 0.05) is 12.1 Å². The molecule has 0 bridgehead atoms. The predicted molar refractivity (Wildman–Crippen MR) is 65.6 cm³/mol. The number of carbonyl (C=O) groups excluding carboxylic acids is 1. The van der Waals surface area contributed by atoms with Crippen molar-refractivity contribution in [3.8, 4) is 0 Å². The summed E-state index contributed by atoms with van der Waals surface area (Å²) in [7, 11) is 0. The molecule has 1 atom stereocenters. The van der Waals surface area contributed by atoms with Gasteiger partial charge in [-0.05, 0) is 25.3 Å². The third kappa shape index (κ3) is 2.92. The van der Waals surface area contributed by atoms with Crippen molar-refractivity contribution in [3.63, 3.8) is 0 Å². The van der Waals surface area contributed by atoms with Gasteiger partial charge >= 0.3 is 0 Å².